The first-order chi connectivity index (χ1) is 25.5. The summed E-state index contributed by atoms with van der Waals surface area (Å²) in [5.41, 5.74) is 15.9. The van der Waals surface area contributed by atoms with Crippen molar-refractivity contribution in [2.24, 2.45) is 0 Å². The van der Waals surface area contributed by atoms with Gasteiger partial charge in [-0.3, -0.25) is 0 Å². The van der Waals surface area contributed by atoms with Crippen molar-refractivity contribution in [2.75, 3.05) is 0 Å². The van der Waals surface area contributed by atoms with Gasteiger partial charge in [-0.1, -0.05) is 196 Å². The molecule has 260 valence electrons. The molecule has 0 atom stereocenters. The molecule has 6 aromatic carbocycles. The Balaban J connectivity index is 0.000000201. The number of rotatable bonds is 16. The van der Waals surface area contributed by atoms with Crippen molar-refractivity contribution in [1.82, 2.24) is 0 Å². The van der Waals surface area contributed by atoms with Crippen LogP contribution in [0.25, 0.3) is 24.3 Å². The van der Waals surface area contributed by atoms with E-state index in [0.29, 0.717) is 0 Å². The number of aryl methyl sites for hydroxylation is 8. The van der Waals surface area contributed by atoms with Crippen molar-refractivity contribution in [3.63, 3.8) is 0 Å². The molecular weight excluding hydrogens is 625 g/mol. The lowest BCUT2D eigenvalue weighted by molar-refractivity contribution is 0.930. The van der Waals surface area contributed by atoms with Gasteiger partial charge in [0.15, 0.2) is 0 Å². The molecule has 0 aliphatic rings. The van der Waals surface area contributed by atoms with Crippen LogP contribution in [-0.4, -0.2) is 0 Å². The second kappa shape index (κ2) is 20.2. The molecule has 0 radical (unpaired) electrons. The molecule has 0 saturated carbocycles. The first-order valence-corrected chi connectivity index (χ1v) is 18.5. The van der Waals surface area contributed by atoms with Crippen LogP contribution >= 0.6 is 0 Å². The Morgan fingerprint density at radius 2 is 0.442 bits per heavy atom. The van der Waals surface area contributed by atoms with E-state index in [-0.39, 0.29) is 0 Å². The molecule has 0 saturated heterocycles. The maximum Gasteiger partial charge on any atom is -0.0238 e. The normalized spacial score (nSPS) is 10.5. The Morgan fingerprint density at radius 1 is 0.250 bits per heavy atom. The van der Waals surface area contributed by atoms with E-state index < -0.39 is 0 Å². The number of hydrogen-bond acceptors (Lipinski definition) is 0. The van der Waals surface area contributed by atoms with Gasteiger partial charge < -0.3 is 0 Å². The Labute approximate surface area is 313 Å². The maximum atomic E-state index is 3.81. The minimum atomic E-state index is 1.07. The van der Waals surface area contributed by atoms with E-state index in [9.17, 15) is 0 Å². The van der Waals surface area contributed by atoms with Gasteiger partial charge in [0.05, 0.1) is 0 Å². The molecule has 0 unspecified atom stereocenters. The smallest absolute Gasteiger partial charge is 0.0238 e. The summed E-state index contributed by atoms with van der Waals surface area (Å²) in [7, 11) is 0. The summed E-state index contributed by atoms with van der Waals surface area (Å²) >= 11 is 0. The summed E-state index contributed by atoms with van der Waals surface area (Å²) in [5.74, 6) is 0. The van der Waals surface area contributed by atoms with Gasteiger partial charge in [0.1, 0.15) is 0 Å². The largest absolute Gasteiger partial charge is 0.0985 e. The first kappa shape index (κ1) is 37.5. The standard InChI is InChI=1S/2C26H26/c2*1-3-21-8-12-23(13-9-21)16-18-25-6-5-7-26(20-25)19-17-24-14-10-22(4-2)11-15-24/h2*3-15,20H,1-2,16-19H2. The van der Waals surface area contributed by atoms with E-state index in [1.165, 1.54) is 66.8 Å². The van der Waals surface area contributed by atoms with E-state index in [1.807, 2.05) is 24.3 Å². The Bertz CT molecular complexity index is 1710. The zero-order valence-electron chi connectivity index (χ0n) is 30.7. The van der Waals surface area contributed by atoms with Crippen LogP contribution in [0.2, 0.25) is 0 Å². The fourth-order valence-electron chi connectivity index (χ4n) is 6.32. The fraction of sp³-hybridized carbons (Fsp3) is 0.154. The molecule has 52 heavy (non-hydrogen) atoms. The second-order valence-electron chi connectivity index (χ2n) is 13.4. The molecule has 6 aromatic rings. The van der Waals surface area contributed by atoms with Crippen molar-refractivity contribution in [3.8, 4) is 0 Å². The molecule has 0 heterocycles. The molecule has 0 nitrogen and oxygen atoms in total. The number of hydrogen-bond donors (Lipinski definition) is 0. The van der Waals surface area contributed by atoms with Crippen LogP contribution in [0.4, 0.5) is 0 Å². The van der Waals surface area contributed by atoms with Gasteiger partial charge in [0, 0.05) is 0 Å². The minimum absolute atomic E-state index is 1.07. The van der Waals surface area contributed by atoms with Crippen molar-refractivity contribution in [1.29, 1.82) is 0 Å². The molecule has 6 rings (SSSR count). The lowest BCUT2D eigenvalue weighted by atomic mass is 9.98. The van der Waals surface area contributed by atoms with Crippen LogP contribution in [0.15, 0.2) is 172 Å². The molecule has 0 aliphatic carbocycles. The summed E-state index contributed by atoms with van der Waals surface area (Å²) in [6.45, 7) is 15.2. The first-order valence-electron chi connectivity index (χ1n) is 18.5. The Hall–Kier alpha value is -5.72. The molecule has 0 heteroatoms. The lowest BCUT2D eigenvalue weighted by Gasteiger charge is -2.07. The number of benzene rings is 6. The highest BCUT2D eigenvalue weighted by Gasteiger charge is 2.02. The molecule has 0 fully saturated rings. The molecule has 0 N–H and O–H groups in total. The highest BCUT2D eigenvalue weighted by Crippen LogP contribution is 2.16. The molecule has 0 spiro atoms. The van der Waals surface area contributed by atoms with Gasteiger partial charge in [-0.2, -0.15) is 0 Å². The quantitative estimate of drug-likeness (QED) is 0.0957. The Morgan fingerprint density at radius 3 is 0.635 bits per heavy atom. The van der Waals surface area contributed by atoms with Crippen LogP contribution in [0.3, 0.4) is 0 Å². The van der Waals surface area contributed by atoms with E-state index in [1.54, 1.807) is 0 Å². The third-order valence-electron chi connectivity index (χ3n) is 9.65. The third-order valence-corrected chi connectivity index (χ3v) is 9.65. The van der Waals surface area contributed by atoms with Crippen molar-refractivity contribution in [3.05, 3.63) is 239 Å². The van der Waals surface area contributed by atoms with Crippen molar-refractivity contribution >= 4 is 24.3 Å². The van der Waals surface area contributed by atoms with Gasteiger partial charge >= 0.3 is 0 Å². The summed E-state index contributed by atoms with van der Waals surface area (Å²) in [6.07, 6.45) is 16.2. The predicted octanol–water partition coefficient (Wildman–Crippen LogP) is 13.1. The van der Waals surface area contributed by atoms with Gasteiger partial charge in [0.2, 0.25) is 0 Å². The summed E-state index contributed by atoms with van der Waals surface area (Å²) in [6, 6.07) is 52.7. The second-order valence-corrected chi connectivity index (χ2v) is 13.4. The maximum absolute atomic E-state index is 3.81. The molecule has 0 aliphatic heterocycles. The average Bonchev–Trinajstić information content (AvgIpc) is 3.22. The molecule has 0 amide bonds. The SMILES string of the molecule is C=Cc1ccc(CCc2cccc(CCc3ccc(C=C)cc3)c2)cc1.C=Cc1ccc(CCc2cccc(CCc3ccc(C=C)cc3)c2)cc1. The average molecular weight is 677 g/mol. The zero-order chi connectivity index (χ0) is 36.4. The summed E-state index contributed by atoms with van der Waals surface area (Å²) in [4.78, 5) is 0. The molecule has 0 aromatic heterocycles. The van der Waals surface area contributed by atoms with Crippen LogP contribution in [0.5, 0.6) is 0 Å². The summed E-state index contributed by atoms with van der Waals surface area (Å²) < 4.78 is 0. The summed E-state index contributed by atoms with van der Waals surface area (Å²) in [5, 5.41) is 0. The monoisotopic (exact) mass is 676 g/mol. The third kappa shape index (κ3) is 12.3. The topological polar surface area (TPSA) is 0 Å². The fourth-order valence-corrected chi connectivity index (χ4v) is 6.32. The van der Waals surface area contributed by atoms with Gasteiger partial charge in [-0.25, -0.2) is 0 Å². The molecular formula is C52H52. The van der Waals surface area contributed by atoms with Crippen LogP contribution in [0.1, 0.15) is 66.8 Å². The van der Waals surface area contributed by atoms with Crippen LogP contribution in [-0.2, 0) is 51.4 Å². The van der Waals surface area contributed by atoms with Crippen molar-refractivity contribution in [2.45, 2.75) is 51.4 Å². The van der Waals surface area contributed by atoms with E-state index in [0.717, 1.165) is 51.4 Å². The van der Waals surface area contributed by atoms with Gasteiger partial charge in [-0.05, 0) is 118 Å². The Kier molecular flexibility index (Phi) is 14.6. The van der Waals surface area contributed by atoms with Gasteiger partial charge in [0.25, 0.3) is 0 Å². The minimum Gasteiger partial charge on any atom is -0.0985 e. The van der Waals surface area contributed by atoms with E-state index >= 15 is 0 Å². The predicted molar refractivity (Wildman–Crippen MR) is 229 cm³/mol. The highest BCUT2D eigenvalue weighted by atomic mass is 14.1. The van der Waals surface area contributed by atoms with Gasteiger partial charge in [-0.15, -0.1) is 0 Å². The highest BCUT2D eigenvalue weighted by molar-refractivity contribution is 5.49. The van der Waals surface area contributed by atoms with E-state index in [4.69, 9.17) is 0 Å². The van der Waals surface area contributed by atoms with E-state index in [2.05, 4.69) is 172 Å². The zero-order valence-corrected chi connectivity index (χ0v) is 30.7. The molecule has 0 bridgehead atoms. The van der Waals surface area contributed by atoms with Crippen LogP contribution in [0, 0.1) is 0 Å². The van der Waals surface area contributed by atoms with Crippen molar-refractivity contribution < 1.29 is 0 Å². The van der Waals surface area contributed by atoms with Crippen LogP contribution < -0.4 is 0 Å². The lowest BCUT2D eigenvalue weighted by Crippen LogP contribution is -1.95.